The van der Waals surface area contributed by atoms with E-state index < -0.39 is 22.1 Å². The summed E-state index contributed by atoms with van der Waals surface area (Å²) >= 11 is 0. The maximum Gasteiger partial charge on any atom is 0.282 e. The first-order chi connectivity index (χ1) is 10.5. The lowest BCUT2D eigenvalue weighted by Crippen LogP contribution is -2.52. The van der Waals surface area contributed by atoms with Crippen LogP contribution in [0.1, 0.15) is 18.0 Å². The van der Waals surface area contributed by atoms with Crippen LogP contribution < -0.4 is 5.32 Å². The molecule has 120 valence electrons. The lowest BCUT2D eigenvalue weighted by molar-refractivity contribution is 0.252. The first kappa shape index (κ1) is 16.8. The van der Waals surface area contributed by atoms with Gasteiger partial charge in [-0.25, -0.2) is 4.39 Å². The Labute approximate surface area is 130 Å². The number of piperazine rings is 1. The van der Waals surface area contributed by atoms with Gasteiger partial charge in [-0.2, -0.15) is 22.3 Å². The predicted molar refractivity (Wildman–Crippen MR) is 80.5 cm³/mol. The van der Waals surface area contributed by atoms with Crippen molar-refractivity contribution in [2.75, 3.05) is 33.2 Å². The maximum absolute atomic E-state index is 13.4. The number of rotatable bonds is 5. The number of halogens is 1. The molecule has 1 aromatic carbocycles. The Kier molecular flexibility index (Phi) is 5.47. The van der Waals surface area contributed by atoms with Crippen LogP contribution in [-0.4, -0.2) is 50.3 Å². The number of hydrogen-bond donors (Lipinski definition) is 1. The predicted octanol–water partition coefficient (Wildman–Crippen LogP) is 0.862. The fourth-order valence-corrected chi connectivity index (χ4v) is 3.98. The fourth-order valence-electron chi connectivity index (χ4n) is 2.46. The molecule has 0 aromatic heterocycles. The highest BCUT2D eigenvalue weighted by Gasteiger charge is 2.35. The maximum atomic E-state index is 13.4. The van der Waals surface area contributed by atoms with Gasteiger partial charge in [-0.15, -0.1) is 0 Å². The highest BCUT2D eigenvalue weighted by molar-refractivity contribution is 7.86. The molecular weight excluding hydrogens is 307 g/mol. The van der Waals surface area contributed by atoms with E-state index in [9.17, 15) is 12.8 Å². The second-order valence-electron chi connectivity index (χ2n) is 5.12. The van der Waals surface area contributed by atoms with Gasteiger partial charge in [0.05, 0.1) is 12.1 Å². The highest BCUT2D eigenvalue weighted by atomic mass is 32.2. The van der Waals surface area contributed by atoms with E-state index in [1.165, 1.54) is 27.8 Å². The van der Waals surface area contributed by atoms with E-state index >= 15 is 0 Å². The van der Waals surface area contributed by atoms with E-state index in [-0.39, 0.29) is 13.0 Å². The summed E-state index contributed by atoms with van der Waals surface area (Å²) in [6.07, 6.45) is 0.131. The van der Waals surface area contributed by atoms with Gasteiger partial charge in [-0.3, -0.25) is 0 Å². The minimum Gasteiger partial charge on any atom is -0.313 e. The zero-order chi connectivity index (χ0) is 16.2. The Morgan fingerprint density at radius 1 is 1.55 bits per heavy atom. The molecule has 0 spiro atoms. The molecule has 1 atom stereocenters. The lowest BCUT2D eigenvalue weighted by Gasteiger charge is -2.37. The van der Waals surface area contributed by atoms with Crippen molar-refractivity contribution in [2.45, 2.75) is 12.5 Å². The first-order valence-corrected chi connectivity index (χ1v) is 8.42. The molecule has 1 aromatic rings. The van der Waals surface area contributed by atoms with Gasteiger partial charge in [-0.1, -0.05) is 12.1 Å². The largest absolute Gasteiger partial charge is 0.313 e. The Hall–Kier alpha value is -1.53. The summed E-state index contributed by atoms with van der Waals surface area (Å²) in [5, 5.41) is 11.8. The minimum absolute atomic E-state index is 0.131. The van der Waals surface area contributed by atoms with Crippen LogP contribution in [0.2, 0.25) is 0 Å². The summed E-state index contributed by atoms with van der Waals surface area (Å²) < 4.78 is 41.3. The van der Waals surface area contributed by atoms with Crippen molar-refractivity contribution in [2.24, 2.45) is 0 Å². The summed E-state index contributed by atoms with van der Waals surface area (Å²) in [5.41, 5.74) is 0.615. The van der Waals surface area contributed by atoms with Gasteiger partial charge in [-0.05, 0) is 17.7 Å². The van der Waals surface area contributed by atoms with Crippen LogP contribution in [-0.2, 0) is 10.2 Å². The average Bonchev–Trinajstić information content (AvgIpc) is 2.52. The molecular formula is C14H19FN4O2S. The van der Waals surface area contributed by atoms with Crippen LogP contribution in [0.15, 0.2) is 24.3 Å². The highest BCUT2D eigenvalue weighted by Crippen LogP contribution is 2.26. The van der Waals surface area contributed by atoms with E-state index in [0.717, 1.165) is 0 Å². The molecule has 1 unspecified atom stereocenters. The Morgan fingerprint density at radius 2 is 2.32 bits per heavy atom. The lowest BCUT2D eigenvalue weighted by atomic mass is 10.1. The molecule has 1 heterocycles. The standard InChI is InChI=1S/C14H19FN4O2S/c1-18(8-3-6-16)22(20,21)19-9-7-17-11-14(19)12-4-2-5-13(15)10-12/h2,4-5,10,14,17H,3,7-9,11H2,1H3. The second-order valence-corrected chi connectivity index (χ2v) is 7.11. The molecule has 0 radical (unpaired) electrons. The topological polar surface area (TPSA) is 76.4 Å². The summed E-state index contributed by atoms with van der Waals surface area (Å²) in [7, 11) is -2.24. The van der Waals surface area contributed by atoms with Crippen LogP contribution in [0.4, 0.5) is 4.39 Å². The first-order valence-electron chi connectivity index (χ1n) is 7.03. The average molecular weight is 326 g/mol. The Balaban J connectivity index is 2.28. The minimum atomic E-state index is -3.69. The number of benzene rings is 1. The number of nitrogens with zero attached hydrogens (tertiary/aromatic N) is 3. The number of hydrogen-bond acceptors (Lipinski definition) is 4. The summed E-state index contributed by atoms with van der Waals surface area (Å²) in [6, 6.07) is 7.46. The van der Waals surface area contributed by atoms with Crippen LogP contribution >= 0.6 is 0 Å². The molecule has 22 heavy (non-hydrogen) atoms. The van der Waals surface area contributed by atoms with Crippen molar-refractivity contribution < 1.29 is 12.8 Å². The van der Waals surface area contributed by atoms with Crippen molar-refractivity contribution in [3.05, 3.63) is 35.6 Å². The third kappa shape index (κ3) is 3.62. The Morgan fingerprint density at radius 3 is 3.00 bits per heavy atom. The van der Waals surface area contributed by atoms with Gasteiger partial charge in [0.1, 0.15) is 5.82 Å². The third-order valence-corrected chi connectivity index (χ3v) is 5.66. The summed E-state index contributed by atoms with van der Waals surface area (Å²) in [5.74, 6) is -0.391. The van der Waals surface area contributed by atoms with Gasteiger partial charge in [0.25, 0.3) is 10.2 Å². The van der Waals surface area contributed by atoms with E-state index in [2.05, 4.69) is 5.32 Å². The molecule has 0 saturated carbocycles. The van der Waals surface area contributed by atoms with Gasteiger partial charge in [0, 0.05) is 39.6 Å². The van der Waals surface area contributed by atoms with Crippen molar-refractivity contribution >= 4 is 10.2 Å². The van der Waals surface area contributed by atoms with E-state index in [4.69, 9.17) is 5.26 Å². The fraction of sp³-hybridized carbons (Fsp3) is 0.500. The van der Waals surface area contributed by atoms with Crippen molar-refractivity contribution in [1.82, 2.24) is 13.9 Å². The molecule has 1 fully saturated rings. The molecule has 1 aliphatic heterocycles. The van der Waals surface area contributed by atoms with Crippen LogP contribution in [0.25, 0.3) is 0 Å². The molecule has 1 saturated heterocycles. The number of nitriles is 1. The molecule has 1 N–H and O–H groups in total. The SMILES string of the molecule is CN(CCC#N)S(=O)(=O)N1CCNCC1c1cccc(F)c1. The molecule has 1 aliphatic rings. The van der Waals surface area contributed by atoms with Gasteiger partial charge < -0.3 is 5.32 Å². The zero-order valence-electron chi connectivity index (χ0n) is 12.4. The van der Waals surface area contributed by atoms with Gasteiger partial charge in [0.2, 0.25) is 0 Å². The van der Waals surface area contributed by atoms with Crippen molar-refractivity contribution in [1.29, 1.82) is 5.26 Å². The molecule has 6 nitrogen and oxygen atoms in total. The normalized spacial score (nSPS) is 20.0. The molecule has 0 bridgehead atoms. The van der Waals surface area contributed by atoms with Crippen molar-refractivity contribution in [3.8, 4) is 6.07 Å². The summed E-state index contributed by atoms with van der Waals surface area (Å²) in [4.78, 5) is 0. The second kappa shape index (κ2) is 7.15. The quantitative estimate of drug-likeness (QED) is 0.871. The van der Waals surface area contributed by atoms with Gasteiger partial charge in [0.15, 0.2) is 0 Å². The Bertz CT molecular complexity index is 659. The van der Waals surface area contributed by atoms with Crippen LogP contribution in [0.5, 0.6) is 0 Å². The molecule has 0 aliphatic carbocycles. The van der Waals surface area contributed by atoms with Gasteiger partial charge >= 0.3 is 0 Å². The number of nitrogens with one attached hydrogen (secondary N) is 1. The van der Waals surface area contributed by atoms with E-state index in [0.29, 0.717) is 25.2 Å². The zero-order valence-corrected chi connectivity index (χ0v) is 13.2. The van der Waals surface area contributed by atoms with Crippen LogP contribution in [0.3, 0.4) is 0 Å². The van der Waals surface area contributed by atoms with E-state index in [1.807, 2.05) is 6.07 Å². The molecule has 2 rings (SSSR count). The van der Waals surface area contributed by atoms with Crippen molar-refractivity contribution in [3.63, 3.8) is 0 Å². The van der Waals surface area contributed by atoms with E-state index in [1.54, 1.807) is 12.1 Å². The van der Waals surface area contributed by atoms with Crippen LogP contribution in [0, 0.1) is 17.1 Å². The molecule has 0 amide bonds. The molecule has 8 heteroatoms. The monoisotopic (exact) mass is 326 g/mol. The smallest absolute Gasteiger partial charge is 0.282 e. The summed E-state index contributed by atoms with van der Waals surface area (Å²) in [6.45, 7) is 1.41. The third-order valence-electron chi connectivity index (χ3n) is 3.66.